The normalized spacial score (nSPS) is 11.5. The highest BCUT2D eigenvalue weighted by Gasteiger charge is 2.26. The van der Waals surface area contributed by atoms with Crippen LogP contribution in [0, 0.1) is 5.82 Å². The van der Waals surface area contributed by atoms with Gasteiger partial charge in [0, 0.05) is 16.6 Å². The molecule has 0 fully saturated rings. The van der Waals surface area contributed by atoms with E-state index in [-0.39, 0.29) is 12.1 Å². The molecule has 0 aromatic heterocycles. The van der Waals surface area contributed by atoms with Crippen LogP contribution in [-0.2, 0) is 16.4 Å². The Balaban J connectivity index is 2.09. The van der Waals surface area contributed by atoms with E-state index in [1.165, 1.54) is 18.2 Å². The number of benzene rings is 2. The number of carbonyl (C=O) groups excluding carboxylic acids is 1. The van der Waals surface area contributed by atoms with E-state index in [4.69, 9.17) is 0 Å². The standard InChI is InChI=1S/C15H11BrF3NO3S/c16-13-6-3-11(17)7-10(13)8-20-14(21)9-1-4-12(5-2-9)24(22,23)15(18)19/h1-7,15H,8H2,(H,20,21). The van der Waals surface area contributed by atoms with Crippen LogP contribution in [0.2, 0.25) is 0 Å². The van der Waals surface area contributed by atoms with Gasteiger partial charge in [-0.2, -0.15) is 8.78 Å². The maximum absolute atomic E-state index is 13.2. The van der Waals surface area contributed by atoms with Gasteiger partial charge in [-0.3, -0.25) is 4.79 Å². The van der Waals surface area contributed by atoms with Gasteiger partial charge in [0.2, 0.25) is 9.84 Å². The number of hydrogen-bond donors (Lipinski definition) is 1. The first-order valence-electron chi connectivity index (χ1n) is 6.56. The number of halogens is 4. The number of hydrogen-bond acceptors (Lipinski definition) is 3. The Hall–Kier alpha value is -1.87. The summed E-state index contributed by atoms with van der Waals surface area (Å²) in [6.07, 6.45) is 0. The summed E-state index contributed by atoms with van der Waals surface area (Å²) < 4.78 is 61.2. The molecule has 0 spiro atoms. The first kappa shape index (κ1) is 18.5. The first-order valence-corrected chi connectivity index (χ1v) is 8.90. The Kier molecular flexibility index (Phi) is 5.66. The van der Waals surface area contributed by atoms with Gasteiger partial charge in [0.25, 0.3) is 5.91 Å². The minimum absolute atomic E-state index is 0.0360. The van der Waals surface area contributed by atoms with Gasteiger partial charge in [0.05, 0.1) is 4.90 Å². The molecular formula is C15H11BrF3NO3S. The lowest BCUT2D eigenvalue weighted by molar-refractivity contribution is 0.0950. The van der Waals surface area contributed by atoms with Gasteiger partial charge >= 0.3 is 5.76 Å². The first-order chi connectivity index (χ1) is 11.2. The molecule has 9 heteroatoms. The van der Waals surface area contributed by atoms with Crippen LogP contribution >= 0.6 is 15.9 Å². The van der Waals surface area contributed by atoms with E-state index in [2.05, 4.69) is 21.2 Å². The van der Waals surface area contributed by atoms with Crippen molar-refractivity contribution in [3.05, 3.63) is 63.9 Å². The SMILES string of the molecule is O=C(NCc1cc(F)ccc1Br)c1ccc(S(=O)(=O)C(F)F)cc1. The molecule has 2 aromatic rings. The van der Waals surface area contributed by atoms with Crippen molar-refractivity contribution in [3.63, 3.8) is 0 Å². The zero-order valence-corrected chi connectivity index (χ0v) is 14.4. The van der Waals surface area contributed by atoms with Crippen molar-refractivity contribution in [2.45, 2.75) is 17.2 Å². The predicted molar refractivity (Wildman–Crippen MR) is 84.9 cm³/mol. The molecule has 0 atom stereocenters. The molecular weight excluding hydrogens is 411 g/mol. The molecule has 2 aromatic carbocycles. The minimum Gasteiger partial charge on any atom is -0.348 e. The average Bonchev–Trinajstić information content (AvgIpc) is 2.55. The number of nitrogens with one attached hydrogen (secondary N) is 1. The molecule has 1 amide bonds. The monoisotopic (exact) mass is 421 g/mol. The fraction of sp³-hybridized carbons (Fsp3) is 0.133. The fourth-order valence-electron chi connectivity index (χ4n) is 1.86. The summed E-state index contributed by atoms with van der Waals surface area (Å²) >= 11 is 3.23. The van der Waals surface area contributed by atoms with Crippen molar-refractivity contribution in [2.75, 3.05) is 0 Å². The summed E-state index contributed by atoms with van der Waals surface area (Å²) in [5.74, 6) is -4.53. The van der Waals surface area contributed by atoms with E-state index in [0.717, 1.165) is 24.3 Å². The van der Waals surface area contributed by atoms with Crippen molar-refractivity contribution in [2.24, 2.45) is 0 Å². The van der Waals surface area contributed by atoms with E-state index in [0.29, 0.717) is 10.0 Å². The second-order valence-corrected chi connectivity index (χ2v) is 7.52. The van der Waals surface area contributed by atoms with Crippen LogP contribution in [0.15, 0.2) is 51.8 Å². The molecule has 0 aliphatic carbocycles. The zero-order valence-electron chi connectivity index (χ0n) is 12.0. The van der Waals surface area contributed by atoms with Crippen LogP contribution < -0.4 is 5.32 Å². The fourth-order valence-corrected chi connectivity index (χ4v) is 2.96. The minimum atomic E-state index is -4.70. The maximum atomic E-state index is 13.2. The Bertz CT molecular complexity index is 855. The van der Waals surface area contributed by atoms with Gasteiger partial charge < -0.3 is 5.32 Å². The molecule has 0 aliphatic heterocycles. The lowest BCUT2D eigenvalue weighted by Crippen LogP contribution is -2.23. The van der Waals surface area contributed by atoms with Crippen molar-refractivity contribution >= 4 is 31.7 Å². The quantitative estimate of drug-likeness (QED) is 0.803. The van der Waals surface area contributed by atoms with Crippen LogP contribution in [-0.4, -0.2) is 20.1 Å². The lowest BCUT2D eigenvalue weighted by atomic mass is 10.2. The van der Waals surface area contributed by atoms with Crippen LogP contribution in [0.4, 0.5) is 13.2 Å². The van der Waals surface area contributed by atoms with Gasteiger partial charge in [-0.15, -0.1) is 0 Å². The second-order valence-electron chi connectivity index (χ2n) is 4.75. The van der Waals surface area contributed by atoms with E-state index in [1.54, 1.807) is 0 Å². The number of rotatable bonds is 5. The Morgan fingerprint density at radius 3 is 2.33 bits per heavy atom. The summed E-state index contributed by atoms with van der Waals surface area (Å²) in [5, 5.41) is 2.53. The van der Waals surface area contributed by atoms with Crippen LogP contribution in [0.3, 0.4) is 0 Å². The topological polar surface area (TPSA) is 63.2 Å². The van der Waals surface area contributed by atoms with E-state index < -0.39 is 32.2 Å². The molecule has 1 N–H and O–H groups in total. The summed E-state index contributed by atoms with van der Waals surface area (Å²) in [6, 6.07) is 8.15. The third kappa shape index (κ3) is 4.15. The molecule has 0 bridgehead atoms. The van der Waals surface area contributed by atoms with Gasteiger partial charge in [0.1, 0.15) is 5.82 Å². The average molecular weight is 422 g/mol. The van der Waals surface area contributed by atoms with Crippen molar-refractivity contribution in [3.8, 4) is 0 Å². The predicted octanol–water partition coefficient (Wildman–Crippen LogP) is 3.51. The molecule has 0 saturated carbocycles. The van der Waals surface area contributed by atoms with Crippen LogP contribution in [0.25, 0.3) is 0 Å². The summed E-state index contributed by atoms with van der Waals surface area (Å²) in [7, 11) is -4.70. The van der Waals surface area contributed by atoms with Crippen LogP contribution in [0.5, 0.6) is 0 Å². The molecule has 0 unspecified atom stereocenters. The highest BCUT2D eigenvalue weighted by Crippen LogP contribution is 2.19. The van der Waals surface area contributed by atoms with Crippen molar-refractivity contribution in [1.29, 1.82) is 0 Å². The van der Waals surface area contributed by atoms with Gasteiger partial charge in [-0.05, 0) is 48.0 Å². The van der Waals surface area contributed by atoms with Crippen LogP contribution in [0.1, 0.15) is 15.9 Å². The Morgan fingerprint density at radius 2 is 1.75 bits per heavy atom. The molecule has 0 saturated heterocycles. The van der Waals surface area contributed by atoms with Gasteiger partial charge in [-0.1, -0.05) is 15.9 Å². The van der Waals surface area contributed by atoms with Gasteiger partial charge in [-0.25, -0.2) is 12.8 Å². The Labute approximate surface area is 144 Å². The number of amides is 1. The second kappa shape index (κ2) is 7.35. The van der Waals surface area contributed by atoms with Gasteiger partial charge in [0.15, 0.2) is 0 Å². The summed E-state index contributed by atoms with van der Waals surface area (Å²) in [4.78, 5) is 11.4. The lowest BCUT2D eigenvalue weighted by Gasteiger charge is -2.08. The molecule has 2 rings (SSSR count). The highest BCUT2D eigenvalue weighted by atomic mass is 79.9. The maximum Gasteiger partial charge on any atom is 0.341 e. The van der Waals surface area contributed by atoms with Crippen molar-refractivity contribution in [1.82, 2.24) is 5.32 Å². The third-order valence-corrected chi connectivity index (χ3v) is 5.30. The third-order valence-electron chi connectivity index (χ3n) is 3.13. The molecule has 4 nitrogen and oxygen atoms in total. The molecule has 24 heavy (non-hydrogen) atoms. The number of carbonyl (C=O) groups is 1. The smallest absolute Gasteiger partial charge is 0.341 e. The van der Waals surface area contributed by atoms with E-state index in [9.17, 15) is 26.4 Å². The number of alkyl halides is 2. The van der Waals surface area contributed by atoms with Crippen molar-refractivity contribution < 1.29 is 26.4 Å². The van der Waals surface area contributed by atoms with E-state index >= 15 is 0 Å². The summed E-state index contributed by atoms with van der Waals surface area (Å²) in [5.41, 5.74) is 0.607. The molecule has 0 aliphatic rings. The molecule has 0 heterocycles. The number of sulfone groups is 1. The Morgan fingerprint density at radius 1 is 1.12 bits per heavy atom. The van der Waals surface area contributed by atoms with E-state index in [1.807, 2.05) is 0 Å². The zero-order chi connectivity index (χ0) is 17.9. The highest BCUT2D eigenvalue weighted by molar-refractivity contribution is 9.10. The molecule has 128 valence electrons. The summed E-state index contributed by atoms with van der Waals surface area (Å²) in [6.45, 7) is 0.0360. The largest absolute Gasteiger partial charge is 0.348 e. The molecule has 0 radical (unpaired) electrons.